The first kappa shape index (κ1) is 32.2. The summed E-state index contributed by atoms with van der Waals surface area (Å²) in [5.74, 6) is 0. The minimum absolute atomic E-state index is 0.0742. The number of fused-ring (bicyclic) bond motifs is 7. The van der Waals surface area contributed by atoms with Crippen LogP contribution in [0, 0.1) is 5.41 Å². The third-order valence-corrected chi connectivity index (χ3v) is 14.1. The molecule has 8 rings (SSSR count). The third-order valence-electron chi connectivity index (χ3n) is 11.0. The molecule has 49 heavy (non-hydrogen) atoms. The Morgan fingerprint density at radius 3 is 1.45 bits per heavy atom. The van der Waals surface area contributed by atoms with Gasteiger partial charge < -0.3 is 13.6 Å². The summed E-state index contributed by atoms with van der Waals surface area (Å²) in [5.41, 5.74) is -0.0742. The lowest BCUT2D eigenvalue weighted by Gasteiger charge is -2.36. The van der Waals surface area contributed by atoms with Gasteiger partial charge in [0.2, 0.25) is 0 Å². The summed E-state index contributed by atoms with van der Waals surface area (Å²) >= 11 is 0. The Morgan fingerprint density at radius 2 is 1.02 bits per heavy atom. The van der Waals surface area contributed by atoms with E-state index in [0.717, 1.165) is 25.3 Å². The predicted molar refractivity (Wildman–Crippen MR) is 212 cm³/mol. The molecule has 7 aromatic carbocycles. The van der Waals surface area contributed by atoms with Crippen LogP contribution in [-0.2, 0) is 13.6 Å². The minimum atomic E-state index is -2.14. The van der Waals surface area contributed by atoms with Crippen LogP contribution in [0.25, 0.3) is 76.8 Å². The quantitative estimate of drug-likeness (QED) is 0.108. The standard InChI is InChI=1S/C45H46O3Si/c1-6-47-49(5,48-7-2)16-10-13-44(46-4)45(3)15-14-32-19-35-22-38-25-39-23-36-20-33-17-30-11-8-9-12-31(30)18-34(33)21-37(36)24-40(39)26-41(38)27-42(35)28-43(32)29-45/h8-9,11-12,14,17-29,44H,6-7,10,13,15-16H2,1-5H3. The molecule has 0 aromatic heterocycles. The SMILES string of the molecule is CCO[Si](C)(CCCC(OC)C1(C)C=c2cc3cc4cc5cc6cc7cc8ccccc8cc7cc6cc5cc4cc3cc2=CC1)OCC. The van der Waals surface area contributed by atoms with Gasteiger partial charge in [0.15, 0.2) is 0 Å². The first-order valence-electron chi connectivity index (χ1n) is 18.0. The highest BCUT2D eigenvalue weighted by atomic mass is 28.4. The second-order valence-electron chi connectivity index (χ2n) is 14.5. The average Bonchev–Trinajstić information content (AvgIpc) is 3.08. The summed E-state index contributed by atoms with van der Waals surface area (Å²) in [6.45, 7) is 10.1. The van der Waals surface area contributed by atoms with Crippen molar-refractivity contribution in [3.8, 4) is 0 Å². The summed E-state index contributed by atoms with van der Waals surface area (Å²) in [7, 11) is -0.272. The second-order valence-corrected chi connectivity index (χ2v) is 17.8. The van der Waals surface area contributed by atoms with E-state index in [1.165, 1.54) is 75.1 Å². The van der Waals surface area contributed by atoms with E-state index in [0.29, 0.717) is 13.2 Å². The smallest absolute Gasteiger partial charge is 0.334 e. The van der Waals surface area contributed by atoms with Crippen LogP contribution in [0.4, 0.5) is 0 Å². The van der Waals surface area contributed by atoms with E-state index in [-0.39, 0.29) is 11.5 Å². The lowest BCUT2D eigenvalue weighted by atomic mass is 9.75. The van der Waals surface area contributed by atoms with Crippen LogP contribution in [-0.4, -0.2) is 35.0 Å². The maximum absolute atomic E-state index is 6.18. The monoisotopic (exact) mass is 662 g/mol. The van der Waals surface area contributed by atoms with Crippen molar-refractivity contribution in [2.24, 2.45) is 5.41 Å². The maximum Gasteiger partial charge on any atom is 0.334 e. The van der Waals surface area contributed by atoms with Gasteiger partial charge in [0.1, 0.15) is 0 Å². The van der Waals surface area contributed by atoms with E-state index in [1.54, 1.807) is 0 Å². The summed E-state index contributed by atoms with van der Waals surface area (Å²) in [4.78, 5) is 0. The fourth-order valence-electron chi connectivity index (χ4n) is 8.43. The van der Waals surface area contributed by atoms with Crippen LogP contribution in [0.2, 0.25) is 12.6 Å². The molecule has 2 unspecified atom stereocenters. The number of benzene rings is 7. The largest absolute Gasteiger partial charge is 0.395 e. The van der Waals surface area contributed by atoms with Crippen LogP contribution in [0.3, 0.4) is 0 Å². The van der Waals surface area contributed by atoms with Gasteiger partial charge in [-0.3, -0.25) is 0 Å². The minimum Gasteiger partial charge on any atom is -0.395 e. The molecule has 2 atom stereocenters. The second kappa shape index (κ2) is 12.7. The van der Waals surface area contributed by atoms with Crippen molar-refractivity contribution in [3.05, 3.63) is 107 Å². The Balaban J connectivity index is 1.14. The number of methoxy groups -OCH3 is 1. The highest BCUT2D eigenvalue weighted by molar-refractivity contribution is 6.66. The summed E-state index contributed by atoms with van der Waals surface area (Å²) in [6, 6.07) is 37.9. The Kier molecular flexibility index (Phi) is 8.32. The van der Waals surface area contributed by atoms with E-state index in [4.69, 9.17) is 13.6 Å². The van der Waals surface area contributed by atoms with Gasteiger partial charge >= 0.3 is 8.56 Å². The van der Waals surface area contributed by atoms with Crippen LogP contribution < -0.4 is 10.4 Å². The fraction of sp³-hybridized carbons (Fsp3) is 0.289. The molecule has 7 aromatic rings. The van der Waals surface area contributed by atoms with E-state index in [1.807, 2.05) is 7.11 Å². The van der Waals surface area contributed by atoms with Crippen LogP contribution in [0.5, 0.6) is 0 Å². The lowest BCUT2D eigenvalue weighted by Crippen LogP contribution is -2.41. The van der Waals surface area contributed by atoms with E-state index in [9.17, 15) is 0 Å². The van der Waals surface area contributed by atoms with Crippen molar-refractivity contribution >= 4 is 85.3 Å². The zero-order valence-electron chi connectivity index (χ0n) is 29.4. The highest BCUT2D eigenvalue weighted by Crippen LogP contribution is 2.37. The predicted octanol–water partition coefficient (Wildman–Crippen LogP) is 10.5. The van der Waals surface area contributed by atoms with Crippen molar-refractivity contribution in [1.29, 1.82) is 0 Å². The van der Waals surface area contributed by atoms with Gasteiger partial charge in [0.05, 0.1) is 6.10 Å². The molecule has 0 saturated carbocycles. The highest BCUT2D eigenvalue weighted by Gasteiger charge is 2.35. The van der Waals surface area contributed by atoms with E-state index in [2.05, 4.69) is 137 Å². The Hall–Kier alpha value is -4.06. The van der Waals surface area contributed by atoms with Crippen molar-refractivity contribution < 1.29 is 13.6 Å². The molecular weight excluding hydrogens is 617 g/mol. The molecule has 0 amide bonds. The number of rotatable bonds is 10. The number of ether oxygens (including phenoxy) is 1. The molecule has 4 heteroatoms. The van der Waals surface area contributed by atoms with E-state index < -0.39 is 8.56 Å². The van der Waals surface area contributed by atoms with Gasteiger partial charge in [-0.2, -0.15) is 0 Å². The molecule has 0 radical (unpaired) electrons. The van der Waals surface area contributed by atoms with Gasteiger partial charge in [-0.15, -0.1) is 0 Å². The van der Waals surface area contributed by atoms with Crippen LogP contribution in [0.1, 0.15) is 40.0 Å². The normalized spacial score (nSPS) is 17.2. The number of hydrogen-bond acceptors (Lipinski definition) is 3. The summed E-state index contributed by atoms with van der Waals surface area (Å²) in [5, 5.41) is 18.0. The van der Waals surface area contributed by atoms with Crippen LogP contribution >= 0.6 is 0 Å². The molecule has 3 nitrogen and oxygen atoms in total. The van der Waals surface area contributed by atoms with Crippen LogP contribution in [0.15, 0.2) is 97.1 Å². The maximum atomic E-state index is 6.18. The Bertz CT molecular complexity index is 2510. The molecule has 1 aliphatic carbocycles. The Morgan fingerprint density at radius 1 is 0.612 bits per heavy atom. The molecule has 0 aliphatic heterocycles. The molecule has 248 valence electrons. The van der Waals surface area contributed by atoms with Gasteiger partial charge in [-0.25, -0.2) is 0 Å². The van der Waals surface area contributed by atoms with Crippen molar-refractivity contribution in [3.63, 3.8) is 0 Å². The summed E-state index contributed by atoms with van der Waals surface area (Å²) < 4.78 is 18.4. The topological polar surface area (TPSA) is 27.7 Å². The molecule has 0 saturated heterocycles. The molecular formula is C45H46O3Si. The van der Waals surface area contributed by atoms with Crippen molar-refractivity contribution in [2.75, 3.05) is 20.3 Å². The average molecular weight is 663 g/mol. The van der Waals surface area contributed by atoms with Gasteiger partial charge in [0, 0.05) is 25.7 Å². The molecule has 1 aliphatic rings. The third kappa shape index (κ3) is 6.06. The van der Waals surface area contributed by atoms with Gasteiger partial charge in [0.25, 0.3) is 0 Å². The molecule has 0 spiro atoms. The lowest BCUT2D eigenvalue weighted by molar-refractivity contribution is 0.0251. The molecule has 0 bridgehead atoms. The first-order valence-corrected chi connectivity index (χ1v) is 20.5. The first-order chi connectivity index (χ1) is 23.8. The molecule has 0 N–H and O–H groups in total. The zero-order chi connectivity index (χ0) is 33.8. The molecule has 0 fully saturated rings. The molecule has 0 heterocycles. The van der Waals surface area contributed by atoms with Gasteiger partial charge in [-0.05, 0) is 194 Å². The zero-order valence-corrected chi connectivity index (χ0v) is 30.4. The van der Waals surface area contributed by atoms with Gasteiger partial charge in [-0.1, -0.05) is 43.3 Å². The van der Waals surface area contributed by atoms with Crippen molar-refractivity contribution in [2.45, 2.75) is 58.7 Å². The number of hydrogen-bond donors (Lipinski definition) is 0. The van der Waals surface area contributed by atoms with Crippen molar-refractivity contribution in [1.82, 2.24) is 0 Å². The fourth-order valence-corrected chi connectivity index (χ4v) is 10.9. The summed E-state index contributed by atoms with van der Waals surface area (Å²) in [6.07, 6.45) is 8.01. The Labute approximate surface area is 290 Å². The van der Waals surface area contributed by atoms with E-state index >= 15 is 0 Å².